The number of fused-ring (bicyclic) bond motifs is 5. The maximum atomic E-state index is 2.41. The van der Waals surface area contributed by atoms with Crippen LogP contribution in [-0.2, 0) is 0 Å². The van der Waals surface area contributed by atoms with E-state index in [4.69, 9.17) is 0 Å². The number of hydrogen-bond donors (Lipinski definition) is 0. The van der Waals surface area contributed by atoms with Gasteiger partial charge in [-0.2, -0.15) is 0 Å². The molecule has 0 saturated carbocycles. The molecule has 2 heteroatoms. The van der Waals surface area contributed by atoms with Gasteiger partial charge in [0.2, 0.25) is 0 Å². The van der Waals surface area contributed by atoms with Gasteiger partial charge in [0.15, 0.2) is 0 Å². The molecule has 2 nitrogen and oxygen atoms in total. The standard InChI is InChI=1S/C62H42N2/c1-4-16-43(17-5-1)45-28-32-47(33-29-45)61-55-24-10-11-25-56(55)62(48-34-30-46(31-35-48)44-18-6-2-7-19-44)58-42-52(40-41-57(58)61)63(49-20-8-3-9-21-49)50-36-38-51(39-37-50)64-59-26-14-12-22-53(59)54-23-13-15-27-60(54)64/h1-42H. The van der Waals surface area contributed by atoms with Crippen LogP contribution in [0.2, 0.25) is 0 Å². The number of anilines is 3. The Morgan fingerprint density at radius 1 is 0.234 bits per heavy atom. The molecule has 0 atom stereocenters. The lowest BCUT2D eigenvalue weighted by Crippen LogP contribution is -2.10. The van der Waals surface area contributed by atoms with E-state index in [1.165, 1.54) is 87.9 Å². The predicted molar refractivity (Wildman–Crippen MR) is 272 cm³/mol. The van der Waals surface area contributed by atoms with Crippen LogP contribution < -0.4 is 4.90 Å². The molecular weight excluding hydrogens is 773 g/mol. The van der Waals surface area contributed by atoms with Gasteiger partial charge in [-0.1, -0.05) is 194 Å². The van der Waals surface area contributed by atoms with Crippen LogP contribution in [0, 0.1) is 0 Å². The second-order valence-corrected chi connectivity index (χ2v) is 16.5. The summed E-state index contributed by atoms with van der Waals surface area (Å²) in [4.78, 5) is 2.39. The molecule has 300 valence electrons. The fourth-order valence-electron chi connectivity index (χ4n) is 9.82. The maximum absolute atomic E-state index is 2.41. The first-order valence-electron chi connectivity index (χ1n) is 22.0. The van der Waals surface area contributed by atoms with Gasteiger partial charge in [-0.3, -0.25) is 0 Å². The smallest absolute Gasteiger partial charge is 0.0541 e. The zero-order valence-electron chi connectivity index (χ0n) is 35.1. The topological polar surface area (TPSA) is 8.17 Å². The van der Waals surface area contributed by atoms with Gasteiger partial charge in [-0.25, -0.2) is 0 Å². The van der Waals surface area contributed by atoms with E-state index in [9.17, 15) is 0 Å². The van der Waals surface area contributed by atoms with Gasteiger partial charge >= 0.3 is 0 Å². The third-order valence-corrected chi connectivity index (χ3v) is 12.8. The summed E-state index contributed by atoms with van der Waals surface area (Å²) in [6.45, 7) is 0. The minimum atomic E-state index is 1.08. The Morgan fingerprint density at radius 3 is 1.11 bits per heavy atom. The van der Waals surface area contributed by atoms with Crippen LogP contribution in [0.15, 0.2) is 255 Å². The van der Waals surface area contributed by atoms with Crippen LogP contribution in [0.25, 0.3) is 93.5 Å². The van der Waals surface area contributed by atoms with Gasteiger partial charge in [-0.15, -0.1) is 0 Å². The SMILES string of the molecule is c1ccc(-c2ccc(-c3c4ccccc4c(-c4ccc(-c5ccccc5)cc4)c4cc(N(c5ccccc5)c5ccc(-n6c7ccccc7c7ccccc76)cc5)ccc34)cc2)cc1. The van der Waals surface area contributed by atoms with E-state index in [-0.39, 0.29) is 0 Å². The van der Waals surface area contributed by atoms with Gasteiger partial charge in [0, 0.05) is 33.5 Å². The van der Waals surface area contributed by atoms with Gasteiger partial charge in [0.25, 0.3) is 0 Å². The molecule has 12 rings (SSSR count). The van der Waals surface area contributed by atoms with Crippen LogP contribution in [0.5, 0.6) is 0 Å². The Kier molecular flexibility index (Phi) is 9.20. The third-order valence-electron chi connectivity index (χ3n) is 12.8. The van der Waals surface area contributed by atoms with Crippen molar-refractivity contribution < 1.29 is 0 Å². The quantitative estimate of drug-likeness (QED) is 0.139. The van der Waals surface area contributed by atoms with Crippen molar-refractivity contribution in [3.8, 4) is 50.2 Å². The molecule has 12 aromatic rings. The predicted octanol–water partition coefficient (Wildman–Crippen LogP) is 17.2. The molecule has 0 amide bonds. The Morgan fingerprint density at radius 2 is 0.594 bits per heavy atom. The molecular formula is C62H42N2. The molecule has 1 aromatic heterocycles. The summed E-state index contributed by atoms with van der Waals surface area (Å²) in [5.41, 5.74) is 16.5. The van der Waals surface area contributed by atoms with Crippen molar-refractivity contribution in [3.05, 3.63) is 255 Å². The largest absolute Gasteiger partial charge is 0.310 e. The third kappa shape index (κ3) is 6.44. The normalized spacial score (nSPS) is 11.4. The van der Waals surface area contributed by atoms with E-state index in [1.807, 2.05) is 0 Å². The molecule has 0 fully saturated rings. The molecule has 0 spiro atoms. The highest BCUT2D eigenvalue weighted by atomic mass is 15.1. The van der Waals surface area contributed by atoms with Crippen molar-refractivity contribution in [2.75, 3.05) is 4.90 Å². The van der Waals surface area contributed by atoms with Gasteiger partial charge in [0.1, 0.15) is 0 Å². The molecule has 0 saturated heterocycles. The van der Waals surface area contributed by atoms with E-state index in [0.29, 0.717) is 0 Å². The van der Waals surface area contributed by atoms with E-state index >= 15 is 0 Å². The summed E-state index contributed by atoms with van der Waals surface area (Å²) >= 11 is 0. The molecule has 0 aliphatic heterocycles. The summed E-state index contributed by atoms with van der Waals surface area (Å²) in [5.74, 6) is 0. The fraction of sp³-hybridized carbons (Fsp3) is 0. The lowest BCUT2D eigenvalue weighted by atomic mass is 9.85. The fourth-order valence-corrected chi connectivity index (χ4v) is 9.82. The molecule has 0 aliphatic rings. The first kappa shape index (κ1) is 37.3. The molecule has 0 N–H and O–H groups in total. The maximum Gasteiger partial charge on any atom is 0.0541 e. The average molecular weight is 815 g/mol. The lowest BCUT2D eigenvalue weighted by Gasteiger charge is -2.27. The Labute approximate surface area is 373 Å². The van der Waals surface area contributed by atoms with Gasteiger partial charge < -0.3 is 9.47 Å². The van der Waals surface area contributed by atoms with Crippen LogP contribution in [0.3, 0.4) is 0 Å². The Bertz CT molecular complexity index is 3560. The number of rotatable bonds is 8. The van der Waals surface area contributed by atoms with Crippen molar-refractivity contribution in [3.63, 3.8) is 0 Å². The monoisotopic (exact) mass is 814 g/mol. The summed E-state index contributed by atoms with van der Waals surface area (Å²) in [6, 6.07) is 92.7. The molecule has 0 bridgehead atoms. The Balaban J connectivity index is 1.06. The number of hydrogen-bond acceptors (Lipinski definition) is 1. The first-order valence-corrected chi connectivity index (χ1v) is 22.0. The number of nitrogens with zero attached hydrogens (tertiary/aromatic N) is 2. The highest BCUT2D eigenvalue weighted by Crippen LogP contribution is 2.47. The van der Waals surface area contributed by atoms with Crippen LogP contribution in [-0.4, -0.2) is 4.57 Å². The highest BCUT2D eigenvalue weighted by Gasteiger charge is 2.21. The van der Waals surface area contributed by atoms with E-state index < -0.39 is 0 Å². The van der Waals surface area contributed by atoms with Gasteiger partial charge in [0.05, 0.1) is 11.0 Å². The van der Waals surface area contributed by atoms with E-state index in [0.717, 1.165) is 22.7 Å². The van der Waals surface area contributed by atoms with Gasteiger partial charge in [-0.05, 0) is 127 Å². The lowest BCUT2D eigenvalue weighted by molar-refractivity contribution is 1.17. The number of benzene rings is 11. The van der Waals surface area contributed by atoms with Crippen molar-refractivity contribution >= 4 is 60.4 Å². The second kappa shape index (κ2) is 15.8. The molecule has 1 heterocycles. The average Bonchev–Trinajstić information content (AvgIpc) is 3.71. The zero-order valence-corrected chi connectivity index (χ0v) is 35.1. The summed E-state index contributed by atoms with van der Waals surface area (Å²) in [7, 11) is 0. The number of aromatic nitrogens is 1. The zero-order chi connectivity index (χ0) is 42.4. The van der Waals surface area contributed by atoms with Crippen LogP contribution >= 0.6 is 0 Å². The van der Waals surface area contributed by atoms with Crippen LogP contribution in [0.1, 0.15) is 0 Å². The molecule has 0 radical (unpaired) electrons. The summed E-state index contributed by atoms with van der Waals surface area (Å²) < 4.78 is 2.38. The molecule has 64 heavy (non-hydrogen) atoms. The highest BCUT2D eigenvalue weighted by molar-refractivity contribution is 6.22. The second-order valence-electron chi connectivity index (χ2n) is 16.5. The number of para-hydroxylation sites is 3. The van der Waals surface area contributed by atoms with Crippen LogP contribution in [0.4, 0.5) is 17.1 Å². The van der Waals surface area contributed by atoms with E-state index in [1.54, 1.807) is 0 Å². The van der Waals surface area contributed by atoms with E-state index in [2.05, 4.69) is 264 Å². The summed E-state index contributed by atoms with van der Waals surface area (Å²) in [5, 5.41) is 7.39. The van der Waals surface area contributed by atoms with Crippen molar-refractivity contribution in [1.29, 1.82) is 0 Å². The molecule has 11 aromatic carbocycles. The summed E-state index contributed by atoms with van der Waals surface area (Å²) in [6.07, 6.45) is 0. The van der Waals surface area contributed by atoms with Crippen molar-refractivity contribution in [1.82, 2.24) is 4.57 Å². The minimum absolute atomic E-state index is 1.08. The molecule has 0 unspecified atom stereocenters. The Hall–Kier alpha value is -8.46. The first-order chi connectivity index (χ1) is 31.8. The molecule has 0 aliphatic carbocycles. The minimum Gasteiger partial charge on any atom is -0.310 e. The van der Waals surface area contributed by atoms with Crippen molar-refractivity contribution in [2.45, 2.75) is 0 Å². The van der Waals surface area contributed by atoms with Crippen molar-refractivity contribution in [2.24, 2.45) is 0 Å².